The maximum absolute atomic E-state index is 10.7. The molecule has 12 heavy (non-hydrogen) atoms. The van der Waals surface area contributed by atoms with Crippen LogP contribution in [0.4, 0.5) is 0 Å². The van der Waals surface area contributed by atoms with Gasteiger partial charge in [-0.25, -0.2) is 0 Å². The maximum atomic E-state index is 10.7. The zero-order valence-electron chi connectivity index (χ0n) is 7.55. The van der Waals surface area contributed by atoms with Crippen LogP contribution in [0.3, 0.4) is 0 Å². The molecule has 1 aliphatic rings. The fourth-order valence-electron chi connectivity index (χ4n) is 1.94. The molecule has 0 heterocycles. The molecule has 2 N–H and O–H groups in total. The molecule has 0 aromatic heterocycles. The highest BCUT2D eigenvalue weighted by atomic mass is 16.4. The van der Waals surface area contributed by atoms with Crippen LogP contribution in [-0.4, -0.2) is 24.2 Å². The van der Waals surface area contributed by atoms with Gasteiger partial charge in [0.05, 0.1) is 5.92 Å². The number of nitrogens with one attached hydrogen (secondary N) is 1. The Morgan fingerprint density at radius 1 is 1.58 bits per heavy atom. The van der Waals surface area contributed by atoms with Gasteiger partial charge in [-0.1, -0.05) is 13.3 Å². The molecule has 0 aliphatic heterocycles. The molecular formula is C9H17NO2. The number of hydrogen-bond donors (Lipinski definition) is 2. The second kappa shape index (κ2) is 4.45. The molecule has 1 rings (SSSR count). The summed E-state index contributed by atoms with van der Waals surface area (Å²) in [5.41, 5.74) is 0. The summed E-state index contributed by atoms with van der Waals surface area (Å²) in [7, 11) is 0. The van der Waals surface area contributed by atoms with E-state index >= 15 is 0 Å². The van der Waals surface area contributed by atoms with Crippen LogP contribution >= 0.6 is 0 Å². The predicted molar refractivity (Wildman–Crippen MR) is 47.0 cm³/mol. The van der Waals surface area contributed by atoms with Crippen molar-refractivity contribution in [1.82, 2.24) is 5.32 Å². The van der Waals surface area contributed by atoms with Crippen LogP contribution in [0, 0.1) is 11.8 Å². The topological polar surface area (TPSA) is 49.3 Å². The summed E-state index contributed by atoms with van der Waals surface area (Å²) in [6.45, 7) is 3.85. The van der Waals surface area contributed by atoms with E-state index in [0.717, 1.165) is 32.4 Å². The van der Waals surface area contributed by atoms with E-state index in [0.29, 0.717) is 5.92 Å². The minimum atomic E-state index is -0.615. The minimum absolute atomic E-state index is 0.0935. The average molecular weight is 171 g/mol. The predicted octanol–water partition coefficient (Wildman–Crippen LogP) is 1.10. The number of aliphatic carboxylic acids is 1. The van der Waals surface area contributed by atoms with E-state index < -0.39 is 5.97 Å². The number of carboxylic acid groups (broad SMARTS) is 1. The third kappa shape index (κ3) is 2.21. The van der Waals surface area contributed by atoms with Gasteiger partial charge >= 0.3 is 5.97 Å². The van der Waals surface area contributed by atoms with Gasteiger partial charge in [0.2, 0.25) is 0 Å². The lowest BCUT2D eigenvalue weighted by atomic mass is 9.96. The lowest BCUT2D eigenvalue weighted by Gasteiger charge is -2.15. The van der Waals surface area contributed by atoms with E-state index in [4.69, 9.17) is 5.11 Å². The van der Waals surface area contributed by atoms with E-state index in [1.54, 1.807) is 0 Å². The fraction of sp³-hybridized carbons (Fsp3) is 0.889. The second-order valence-electron chi connectivity index (χ2n) is 3.44. The molecule has 3 heteroatoms. The highest BCUT2D eigenvalue weighted by Crippen LogP contribution is 2.31. The number of hydrogen-bond acceptors (Lipinski definition) is 2. The minimum Gasteiger partial charge on any atom is -0.481 e. The molecule has 2 unspecified atom stereocenters. The summed E-state index contributed by atoms with van der Waals surface area (Å²) in [6, 6.07) is 0. The van der Waals surface area contributed by atoms with Gasteiger partial charge in [0.25, 0.3) is 0 Å². The van der Waals surface area contributed by atoms with Crippen LogP contribution < -0.4 is 5.32 Å². The lowest BCUT2D eigenvalue weighted by molar-refractivity contribution is -0.142. The molecule has 70 valence electrons. The van der Waals surface area contributed by atoms with E-state index in [2.05, 4.69) is 5.32 Å². The Morgan fingerprint density at radius 2 is 2.33 bits per heavy atom. The number of carboxylic acids is 1. The standard InChI is InChI=1S/C9H17NO2/c1-2-10-6-7-4-3-5-8(7)9(11)12/h7-8,10H,2-6H2,1H3,(H,11,12). The third-order valence-corrected chi connectivity index (χ3v) is 2.63. The average Bonchev–Trinajstić information content (AvgIpc) is 2.48. The Labute approximate surface area is 73.2 Å². The summed E-state index contributed by atoms with van der Waals surface area (Å²) in [4.78, 5) is 10.7. The van der Waals surface area contributed by atoms with Crippen molar-refractivity contribution in [2.45, 2.75) is 26.2 Å². The van der Waals surface area contributed by atoms with Crippen LogP contribution in [-0.2, 0) is 4.79 Å². The van der Waals surface area contributed by atoms with Gasteiger partial charge in [0.15, 0.2) is 0 Å². The van der Waals surface area contributed by atoms with Gasteiger partial charge in [-0.05, 0) is 31.8 Å². The molecule has 0 spiro atoms. The third-order valence-electron chi connectivity index (χ3n) is 2.63. The summed E-state index contributed by atoms with van der Waals surface area (Å²) in [5, 5.41) is 12.1. The van der Waals surface area contributed by atoms with Crippen LogP contribution in [0.2, 0.25) is 0 Å². The largest absolute Gasteiger partial charge is 0.481 e. The van der Waals surface area contributed by atoms with Crippen LogP contribution in [0.15, 0.2) is 0 Å². The van der Waals surface area contributed by atoms with Gasteiger partial charge in [-0.15, -0.1) is 0 Å². The molecule has 0 aromatic rings. The van der Waals surface area contributed by atoms with Gasteiger partial charge in [0, 0.05) is 0 Å². The first-order valence-corrected chi connectivity index (χ1v) is 4.69. The molecule has 1 fully saturated rings. The maximum Gasteiger partial charge on any atom is 0.306 e. The normalized spacial score (nSPS) is 29.1. The number of rotatable bonds is 4. The first-order chi connectivity index (χ1) is 5.75. The van der Waals surface area contributed by atoms with Crippen molar-refractivity contribution >= 4 is 5.97 Å². The van der Waals surface area contributed by atoms with E-state index in [1.165, 1.54) is 0 Å². The van der Waals surface area contributed by atoms with Crippen molar-refractivity contribution in [1.29, 1.82) is 0 Å². The molecule has 3 nitrogen and oxygen atoms in total. The Bertz CT molecular complexity index is 159. The van der Waals surface area contributed by atoms with E-state index in [9.17, 15) is 4.79 Å². The fourth-order valence-corrected chi connectivity index (χ4v) is 1.94. The summed E-state index contributed by atoms with van der Waals surface area (Å²) in [5.74, 6) is -0.345. The molecule has 2 atom stereocenters. The van der Waals surface area contributed by atoms with Crippen molar-refractivity contribution in [3.05, 3.63) is 0 Å². The molecule has 0 bridgehead atoms. The molecule has 0 radical (unpaired) electrons. The van der Waals surface area contributed by atoms with Crippen molar-refractivity contribution in [3.63, 3.8) is 0 Å². The molecular weight excluding hydrogens is 154 g/mol. The van der Waals surface area contributed by atoms with Gasteiger partial charge in [-0.3, -0.25) is 4.79 Å². The quantitative estimate of drug-likeness (QED) is 0.666. The van der Waals surface area contributed by atoms with Gasteiger partial charge < -0.3 is 10.4 Å². The first-order valence-electron chi connectivity index (χ1n) is 4.69. The molecule has 0 aromatic carbocycles. The summed E-state index contributed by atoms with van der Waals surface area (Å²) >= 11 is 0. The Kier molecular flexibility index (Phi) is 3.53. The highest BCUT2D eigenvalue weighted by Gasteiger charge is 2.31. The molecule has 0 saturated heterocycles. The summed E-state index contributed by atoms with van der Waals surface area (Å²) in [6.07, 6.45) is 3.02. The van der Waals surface area contributed by atoms with E-state index in [1.807, 2.05) is 6.92 Å². The molecule has 0 amide bonds. The Balaban J connectivity index is 2.35. The molecule has 1 aliphatic carbocycles. The van der Waals surface area contributed by atoms with Crippen molar-refractivity contribution in [2.24, 2.45) is 11.8 Å². The Hall–Kier alpha value is -0.570. The number of carbonyl (C=O) groups is 1. The monoisotopic (exact) mass is 171 g/mol. The summed E-state index contributed by atoms with van der Waals surface area (Å²) < 4.78 is 0. The van der Waals surface area contributed by atoms with Crippen molar-refractivity contribution < 1.29 is 9.90 Å². The van der Waals surface area contributed by atoms with Crippen LogP contribution in [0.25, 0.3) is 0 Å². The lowest BCUT2D eigenvalue weighted by Crippen LogP contribution is -2.28. The van der Waals surface area contributed by atoms with Crippen LogP contribution in [0.1, 0.15) is 26.2 Å². The second-order valence-corrected chi connectivity index (χ2v) is 3.44. The first kappa shape index (κ1) is 9.52. The van der Waals surface area contributed by atoms with Gasteiger partial charge in [0.1, 0.15) is 0 Å². The smallest absolute Gasteiger partial charge is 0.306 e. The van der Waals surface area contributed by atoms with Crippen molar-refractivity contribution in [3.8, 4) is 0 Å². The molecule has 1 saturated carbocycles. The SMILES string of the molecule is CCNCC1CCCC1C(=O)O. The highest BCUT2D eigenvalue weighted by molar-refractivity contribution is 5.70. The zero-order chi connectivity index (χ0) is 8.97. The van der Waals surface area contributed by atoms with Crippen LogP contribution in [0.5, 0.6) is 0 Å². The van der Waals surface area contributed by atoms with Crippen molar-refractivity contribution in [2.75, 3.05) is 13.1 Å². The van der Waals surface area contributed by atoms with Gasteiger partial charge in [-0.2, -0.15) is 0 Å². The van der Waals surface area contributed by atoms with E-state index in [-0.39, 0.29) is 5.92 Å². The zero-order valence-corrected chi connectivity index (χ0v) is 7.55. The Morgan fingerprint density at radius 3 is 2.92 bits per heavy atom.